The van der Waals surface area contributed by atoms with Gasteiger partial charge in [-0.05, 0) is 42.1 Å². The summed E-state index contributed by atoms with van der Waals surface area (Å²) in [6.45, 7) is 1.62. The molecule has 0 spiro atoms. The van der Waals surface area contributed by atoms with E-state index in [-0.39, 0.29) is 11.7 Å². The SMILES string of the molecule is CC1(c2cccc(NC(=O)c3oc4ccccc4c3CSc3cccs3)c2)NC(=O)NC1=O. The third kappa shape index (κ3) is 4.01. The Kier molecular flexibility index (Phi) is 5.43. The Morgan fingerprint density at radius 2 is 1.97 bits per heavy atom. The van der Waals surface area contributed by atoms with Crippen LogP contribution in [-0.2, 0) is 16.1 Å². The Balaban J connectivity index is 1.43. The van der Waals surface area contributed by atoms with Crippen LogP contribution in [0.1, 0.15) is 28.6 Å². The van der Waals surface area contributed by atoms with Crippen molar-refractivity contribution in [2.75, 3.05) is 5.32 Å². The number of hydrogen-bond donors (Lipinski definition) is 3. The molecule has 7 nitrogen and oxygen atoms in total. The van der Waals surface area contributed by atoms with Crippen molar-refractivity contribution < 1.29 is 18.8 Å². The van der Waals surface area contributed by atoms with Gasteiger partial charge in [-0.1, -0.05) is 36.4 Å². The van der Waals surface area contributed by atoms with Crippen LogP contribution in [0.2, 0.25) is 0 Å². The van der Waals surface area contributed by atoms with Crippen LogP contribution < -0.4 is 16.0 Å². The first-order valence-electron chi connectivity index (χ1n) is 10.2. The Hall–Kier alpha value is -3.56. The van der Waals surface area contributed by atoms with E-state index in [0.717, 1.165) is 15.2 Å². The fourth-order valence-corrected chi connectivity index (χ4v) is 5.57. The molecule has 1 saturated heterocycles. The molecule has 0 bridgehead atoms. The van der Waals surface area contributed by atoms with Gasteiger partial charge in [0.1, 0.15) is 11.1 Å². The molecule has 0 radical (unpaired) electrons. The van der Waals surface area contributed by atoms with Crippen molar-refractivity contribution in [2.24, 2.45) is 0 Å². The number of furan rings is 1. The zero-order valence-corrected chi connectivity index (χ0v) is 19.1. The second kappa shape index (κ2) is 8.42. The Morgan fingerprint density at radius 1 is 1.12 bits per heavy atom. The van der Waals surface area contributed by atoms with Gasteiger partial charge < -0.3 is 15.1 Å². The smallest absolute Gasteiger partial charge is 0.322 e. The Morgan fingerprint density at radius 3 is 2.73 bits per heavy atom. The molecule has 2 aromatic heterocycles. The number of thiophene rings is 1. The average Bonchev–Trinajstić information content (AvgIpc) is 3.51. The molecule has 5 rings (SSSR count). The van der Waals surface area contributed by atoms with E-state index in [1.807, 2.05) is 41.8 Å². The number of imide groups is 1. The Bertz CT molecular complexity index is 1380. The molecule has 2 aromatic carbocycles. The standard InChI is InChI=1S/C24H19N3O4S2/c1-24(22(29)26-23(30)27-24)14-6-4-7-15(12-14)25-21(28)20-17(13-33-19-10-5-11-32-19)16-8-2-3-9-18(16)31-20/h2-12H,13H2,1H3,(H,25,28)(H2,26,27,29,30). The fraction of sp³-hybridized carbons (Fsp3) is 0.125. The van der Waals surface area contributed by atoms with Gasteiger partial charge in [-0.15, -0.1) is 23.1 Å². The molecule has 166 valence electrons. The van der Waals surface area contributed by atoms with E-state index >= 15 is 0 Å². The predicted octanol–water partition coefficient (Wildman–Crippen LogP) is 5.09. The summed E-state index contributed by atoms with van der Waals surface area (Å²) in [5.41, 5.74) is 1.31. The molecule has 4 aromatic rings. The largest absolute Gasteiger partial charge is 0.451 e. The number of rotatable bonds is 6. The molecular weight excluding hydrogens is 458 g/mol. The number of urea groups is 1. The van der Waals surface area contributed by atoms with Crippen LogP contribution in [-0.4, -0.2) is 17.8 Å². The molecule has 0 aliphatic carbocycles. The third-order valence-electron chi connectivity index (χ3n) is 5.50. The minimum atomic E-state index is -1.21. The minimum absolute atomic E-state index is 0.254. The van der Waals surface area contributed by atoms with Crippen LogP contribution in [0.5, 0.6) is 0 Å². The summed E-state index contributed by atoms with van der Waals surface area (Å²) in [6.07, 6.45) is 0. The minimum Gasteiger partial charge on any atom is -0.451 e. The lowest BCUT2D eigenvalue weighted by atomic mass is 9.92. The highest BCUT2D eigenvalue weighted by Crippen LogP contribution is 2.34. The summed E-state index contributed by atoms with van der Waals surface area (Å²) in [5, 5.41) is 10.7. The molecule has 1 atom stereocenters. The zero-order valence-electron chi connectivity index (χ0n) is 17.5. The van der Waals surface area contributed by atoms with E-state index in [1.54, 1.807) is 54.3 Å². The zero-order chi connectivity index (χ0) is 23.0. The molecular formula is C24H19N3O4S2. The van der Waals surface area contributed by atoms with Crippen molar-refractivity contribution >= 4 is 57.6 Å². The number of nitrogens with one attached hydrogen (secondary N) is 3. The summed E-state index contributed by atoms with van der Waals surface area (Å²) in [6, 6.07) is 17.9. The van der Waals surface area contributed by atoms with Crippen molar-refractivity contribution in [1.82, 2.24) is 10.6 Å². The lowest BCUT2D eigenvalue weighted by Gasteiger charge is -2.21. The van der Waals surface area contributed by atoms with Gasteiger partial charge in [-0.2, -0.15) is 0 Å². The second-order valence-electron chi connectivity index (χ2n) is 7.69. The predicted molar refractivity (Wildman–Crippen MR) is 129 cm³/mol. The fourth-order valence-electron chi connectivity index (χ4n) is 3.76. The van der Waals surface area contributed by atoms with E-state index in [1.165, 1.54) is 0 Å². The van der Waals surface area contributed by atoms with E-state index < -0.39 is 17.5 Å². The average molecular weight is 478 g/mol. The first kappa shape index (κ1) is 21.3. The summed E-state index contributed by atoms with van der Waals surface area (Å²) in [5.74, 6) is 0.0186. The Labute approximate surface area is 197 Å². The number of thioether (sulfide) groups is 1. The van der Waals surface area contributed by atoms with Crippen molar-refractivity contribution in [1.29, 1.82) is 0 Å². The summed E-state index contributed by atoms with van der Waals surface area (Å²) >= 11 is 3.30. The number of carbonyl (C=O) groups is 3. The number of carbonyl (C=O) groups excluding carboxylic acids is 3. The maximum absolute atomic E-state index is 13.2. The highest BCUT2D eigenvalue weighted by Gasteiger charge is 2.43. The molecule has 3 N–H and O–H groups in total. The number of amides is 4. The molecule has 9 heteroatoms. The van der Waals surface area contributed by atoms with Crippen LogP contribution in [0.25, 0.3) is 11.0 Å². The van der Waals surface area contributed by atoms with Crippen LogP contribution in [0, 0.1) is 0 Å². The van der Waals surface area contributed by atoms with E-state index in [9.17, 15) is 14.4 Å². The van der Waals surface area contributed by atoms with Crippen LogP contribution in [0.4, 0.5) is 10.5 Å². The maximum atomic E-state index is 13.2. The van der Waals surface area contributed by atoms with E-state index in [4.69, 9.17) is 4.42 Å². The monoisotopic (exact) mass is 477 g/mol. The van der Waals surface area contributed by atoms with Crippen LogP contribution in [0.3, 0.4) is 0 Å². The second-order valence-corrected chi connectivity index (χ2v) is 9.92. The van der Waals surface area contributed by atoms with Gasteiger partial charge in [-0.25, -0.2) is 4.79 Å². The van der Waals surface area contributed by atoms with Gasteiger partial charge in [0.15, 0.2) is 5.76 Å². The quantitative estimate of drug-likeness (QED) is 0.265. The third-order valence-corrected chi connectivity index (χ3v) is 7.66. The number of anilines is 1. The summed E-state index contributed by atoms with van der Waals surface area (Å²) < 4.78 is 7.10. The number of para-hydroxylation sites is 1. The van der Waals surface area contributed by atoms with E-state index in [2.05, 4.69) is 16.0 Å². The van der Waals surface area contributed by atoms with Crippen LogP contribution in [0.15, 0.2) is 74.7 Å². The molecule has 1 aliphatic heterocycles. The van der Waals surface area contributed by atoms with Gasteiger partial charge in [0.25, 0.3) is 11.8 Å². The molecule has 1 fully saturated rings. The van der Waals surface area contributed by atoms with Crippen molar-refractivity contribution in [3.05, 3.63) is 82.9 Å². The first-order chi connectivity index (χ1) is 15.9. The summed E-state index contributed by atoms with van der Waals surface area (Å²) in [7, 11) is 0. The molecule has 33 heavy (non-hydrogen) atoms. The molecule has 1 unspecified atom stereocenters. The van der Waals surface area contributed by atoms with E-state index in [0.29, 0.717) is 22.6 Å². The van der Waals surface area contributed by atoms with Gasteiger partial charge in [-0.3, -0.25) is 14.9 Å². The summed E-state index contributed by atoms with van der Waals surface area (Å²) in [4.78, 5) is 37.1. The molecule has 1 aliphatic rings. The highest BCUT2D eigenvalue weighted by atomic mass is 32.2. The molecule has 4 amide bonds. The van der Waals surface area contributed by atoms with Gasteiger partial charge in [0.2, 0.25) is 0 Å². The van der Waals surface area contributed by atoms with Gasteiger partial charge in [0.05, 0.1) is 4.21 Å². The maximum Gasteiger partial charge on any atom is 0.322 e. The topological polar surface area (TPSA) is 100 Å². The lowest BCUT2D eigenvalue weighted by molar-refractivity contribution is -0.123. The van der Waals surface area contributed by atoms with Crippen LogP contribution >= 0.6 is 23.1 Å². The number of benzene rings is 2. The first-order valence-corrected chi connectivity index (χ1v) is 12.0. The van der Waals surface area contributed by atoms with Crippen molar-refractivity contribution in [3.8, 4) is 0 Å². The normalized spacial score (nSPS) is 17.7. The lowest BCUT2D eigenvalue weighted by Crippen LogP contribution is -2.40. The van der Waals surface area contributed by atoms with Crippen molar-refractivity contribution in [2.45, 2.75) is 22.4 Å². The molecule has 3 heterocycles. The van der Waals surface area contributed by atoms with Gasteiger partial charge >= 0.3 is 6.03 Å². The number of hydrogen-bond acceptors (Lipinski definition) is 6. The number of fused-ring (bicyclic) bond motifs is 1. The highest BCUT2D eigenvalue weighted by molar-refractivity contribution is 8.00. The van der Waals surface area contributed by atoms with Crippen molar-refractivity contribution in [3.63, 3.8) is 0 Å². The molecule has 0 saturated carbocycles. The van der Waals surface area contributed by atoms with Gasteiger partial charge in [0, 0.05) is 22.4 Å².